The lowest BCUT2D eigenvalue weighted by molar-refractivity contribution is 0.0240. The van der Waals surface area contributed by atoms with E-state index in [9.17, 15) is 9.59 Å². The average Bonchev–Trinajstić information content (AvgIpc) is 3.40. The van der Waals surface area contributed by atoms with Gasteiger partial charge >= 0.3 is 12.2 Å². The summed E-state index contributed by atoms with van der Waals surface area (Å²) in [6.07, 6.45) is -1.03. The van der Waals surface area contributed by atoms with E-state index in [1.54, 1.807) is 37.8 Å². The largest absolute Gasteiger partial charge is 0.497 e. The minimum Gasteiger partial charge on any atom is -0.497 e. The summed E-state index contributed by atoms with van der Waals surface area (Å²) in [6, 6.07) is 12.2. The van der Waals surface area contributed by atoms with E-state index in [-0.39, 0.29) is 28.9 Å². The fraction of sp³-hybridized carbons (Fsp3) is 0.412. The predicted octanol–water partition coefficient (Wildman–Crippen LogP) is 6.81. The lowest BCUT2D eigenvalue weighted by atomic mass is 9.84. The minimum atomic E-state index is -0.743. The molecule has 0 spiro atoms. The van der Waals surface area contributed by atoms with Crippen LogP contribution in [0.5, 0.6) is 5.75 Å². The molecule has 248 valence electrons. The van der Waals surface area contributed by atoms with Gasteiger partial charge in [0.2, 0.25) is 5.70 Å². The summed E-state index contributed by atoms with van der Waals surface area (Å²) in [6.45, 7) is 21.3. The first-order chi connectivity index (χ1) is 22.2. The Morgan fingerprint density at radius 3 is 2.23 bits per heavy atom. The second-order valence-electron chi connectivity index (χ2n) is 13.3. The summed E-state index contributed by atoms with van der Waals surface area (Å²) in [5.41, 5.74) is 1.55. The fourth-order valence-electron chi connectivity index (χ4n) is 5.52. The zero-order valence-electron chi connectivity index (χ0n) is 27.7. The zero-order valence-corrected chi connectivity index (χ0v) is 27.7. The normalized spacial score (nSPS) is 16.5. The number of methoxy groups -OCH3 is 1. The Morgan fingerprint density at radius 2 is 1.66 bits per heavy atom. The first-order valence-electron chi connectivity index (χ1n) is 15.3. The highest BCUT2D eigenvalue weighted by molar-refractivity contribution is 5.92. The van der Waals surface area contributed by atoms with E-state index in [1.807, 2.05) is 45.0 Å². The Bertz CT molecular complexity index is 1720. The van der Waals surface area contributed by atoms with Crippen LogP contribution in [0.1, 0.15) is 64.2 Å². The Labute approximate surface area is 273 Å². The van der Waals surface area contributed by atoms with Crippen LogP contribution >= 0.6 is 0 Å². The van der Waals surface area contributed by atoms with Crippen LogP contribution in [-0.2, 0) is 9.47 Å². The number of piperazine rings is 1. The maximum atomic E-state index is 15.4. The third-order valence-corrected chi connectivity index (χ3v) is 7.58. The monoisotopic (exact) mass is 645 g/mol. The molecular weight excluding hydrogens is 605 g/mol. The van der Waals surface area contributed by atoms with Gasteiger partial charge in [0.05, 0.1) is 25.3 Å². The van der Waals surface area contributed by atoms with Crippen molar-refractivity contribution in [3.05, 3.63) is 82.1 Å². The highest BCUT2D eigenvalue weighted by atomic mass is 19.1. The van der Waals surface area contributed by atoms with Crippen LogP contribution in [0.25, 0.3) is 10.5 Å². The third kappa shape index (κ3) is 7.43. The standard InChI is InChI=1S/C34H40FN7O5/c1-33(2,3)46-31(43)38-30-26-25(28(36-7)27(37-29(26)39-40-30)23-14-13-22(45-8)19-24(23)35)20-9-11-21(12-10-20)41-15-17-42(18-16-41)32(44)47-34(4,5)6/h9-14,19,25H,15-18H2,1-6,8H3,(H3,37,38,39,40,43). The Balaban J connectivity index is 1.48. The molecule has 5 rings (SSSR count). The van der Waals surface area contributed by atoms with E-state index in [1.165, 1.54) is 13.2 Å². The molecule has 12 nitrogen and oxygen atoms in total. The van der Waals surface area contributed by atoms with Gasteiger partial charge in [-0.2, -0.15) is 5.10 Å². The lowest BCUT2D eigenvalue weighted by Crippen LogP contribution is -2.50. The van der Waals surface area contributed by atoms with Gasteiger partial charge < -0.3 is 29.3 Å². The van der Waals surface area contributed by atoms with Crippen molar-refractivity contribution >= 4 is 35.2 Å². The molecule has 1 fully saturated rings. The van der Waals surface area contributed by atoms with Gasteiger partial charge in [-0.1, -0.05) is 12.1 Å². The topological polar surface area (TPSA) is 125 Å². The van der Waals surface area contributed by atoms with Crippen molar-refractivity contribution in [2.45, 2.75) is 58.7 Å². The third-order valence-electron chi connectivity index (χ3n) is 7.58. The van der Waals surface area contributed by atoms with Gasteiger partial charge in [0, 0.05) is 49.1 Å². The Kier molecular flexibility index (Phi) is 9.07. The number of nitrogens with zero attached hydrogens (tertiary/aromatic N) is 4. The van der Waals surface area contributed by atoms with Crippen LogP contribution in [-0.4, -0.2) is 71.8 Å². The number of H-pyrrole nitrogens is 1. The van der Waals surface area contributed by atoms with Crippen molar-refractivity contribution in [3.8, 4) is 5.75 Å². The van der Waals surface area contributed by atoms with E-state index < -0.39 is 29.0 Å². The smallest absolute Gasteiger partial charge is 0.413 e. The maximum Gasteiger partial charge on any atom is 0.413 e. The molecule has 1 unspecified atom stereocenters. The van der Waals surface area contributed by atoms with Gasteiger partial charge in [-0.15, -0.1) is 0 Å². The average molecular weight is 646 g/mol. The van der Waals surface area contributed by atoms with Gasteiger partial charge in [0.15, 0.2) is 5.82 Å². The molecule has 3 aromatic rings. The number of allylic oxidation sites excluding steroid dienone is 1. The molecule has 2 aromatic carbocycles. The molecule has 3 heterocycles. The number of rotatable bonds is 5. The van der Waals surface area contributed by atoms with Crippen LogP contribution in [0.2, 0.25) is 0 Å². The molecule has 2 amide bonds. The number of halogens is 1. The summed E-state index contributed by atoms with van der Waals surface area (Å²) >= 11 is 0. The summed E-state index contributed by atoms with van der Waals surface area (Å²) < 4.78 is 31.6. The van der Waals surface area contributed by atoms with Crippen LogP contribution in [0.3, 0.4) is 0 Å². The van der Waals surface area contributed by atoms with Crippen LogP contribution < -0.4 is 20.3 Å². The quantitative estimate of drug-likeness (QED) is 0.259. The minimum absolute atomic E-state index is 0.183. The second kappa shape index (κ2) is 12.9. The summed E-state index contributed by atoms with van der Waals surface area (Å²) in [5, 5.41) is 13.1. The van der Waals surface area contributed by atoms with E-state index in [2.05, 4.69) is 30.6 Å². The molecule has 2 aliphatic rings. The first kappa shape index (κ1) is 33.1. The van der Waals surface area contributed by atoms with Crippen LogP contribution in [0, 0.1) is 12.4 Å². The lowest BCUT2D eigenvalue weighted by Gasteiger charge is -2.37. The summed E-state index contributed by atoms with van der Waals surface area (Å²) in [5.74, 6) is -0.354. The summed E-state index contributed by atoms with van der Waals surface area (Å²) in [4.78, 5) is 33.1. The van der Waals surface area contributed by atoms with E-state index in [0.717, 1.165) is 11.3 Å². The SMILES string of the molecule is [C-]#[N+]C1=C(c2ccc(OC)cc2F)Nc2[nH]nc(NC(=O)OC(C)(C)C)c2C1c1ccc(N2CCN(C(=O)OC(C)(C)C)CC2)cc1. The van der Waals surface area contributed by atoms with E-state index in [4.69, 9.17) is 20.8 Å². The molecule has 0 radical (unpaired) electrons. The second-order valence-corrected chi connectivity index (χ2v) is 13.3. The van der Waals surface area contributed by atoms with Crippen molar-refractivity contribution in [1.82, 2.24) is 15.1 Å². The highest BCUT2D eigenvalue weighted by Crippen LogP contribution is 2.48. The van der Waals surface area contributed by atoms with Crippen LogP contribution in [0.4, 0.5) is 31.3 Å². The fourth-order valence-corrected chi connectivity index (χ4v) is 5.52. The number of fused-ring (bicyclic) bond motifs is 1. The van der Waals surface area contributed by atoms with Crippen molar-refractivity contribution in [2.75, 3.05) is 48.8 Å². The number of ether oxygens (including phenoxy) is 3. The molecule has 1 saturated heterocycles. The molecule has 3 N–H and O–H groups in total. The van der Waals surface area contributed by atoms with Crippen molar-refractivity contribution < 1.29 is 28.2 Å². The number of aromatic amines is 1. The first-order valence-corrected chi connectivity index (χ1v) is 15.3. The molecule has 1 atom stereocenters. The Hall–Kier alpha value is -5.25. The van der Waals surface area contributed by atoms with Gasteiger partial charge in [-0.25, -0.2) is 18.8 Å². The molecule has 13 heteroatoms. The number of carbonyl (C=O) groups is 2. The molecule has 0 aliphatic carbocycles. The molecule has 47 heavy (non-hydrogen) atoms. The number of nitrogens with one attached hydrogen (secondary N) is 3. The Morgan fingerprint density at radius 1 is 1.00 bits per heavy atom. The number of hydrogen-bond acceptors (Lipinski definition) is 8. The van der Waals surface area contributed by atoms with Crippen molar-refractivity contribution in [1.29, 1.82) is 0 Å². The van der Waals surface area contributed by atoms with Gasteiger partial charge in [-0.05, 0) is 71.4 Å². The number of carbonyl (C=O) groups excluding carboxylic acids is 2. The molecule has 2 aliphatic heterocycles. The number of hydrogen-bond donors (Lipinski definition) is 3. The highest BCUT2D eigenvalue weighted by Gasteiger charge is 2.37. The molecular formula is C34H40FN7O5. The van der Waals surface area contributed by atoms with E-state index >= 15 is 4.39 Å². The van der Waals surface area contributed by atoms with Crippen molar-refractivity contribution in [2.24, 2.45) is 0 Å². The predicted molar refractivity (Wildman–Crippen MR) is 177 cm³/mol. The van der Waals surface area contributed by atoms with Crippen molar-refractivity contribution in [3.63, 3.8) is 0 Å². The van der Waals surface area contributed by atoms with Crippen LogP contribution in [0.15, 0.2) is 48.2 Å². The van der Waals surface area contributed by atoms with E-state index in [0.29, 0.717) is 43.3 Å². The number of benzene rings is 2. The molecule has 0 bridgehead atoms. The summed E-state index contributed by atoms with van der Waals surface area (Å²) in [7, 11) is 1.45. The number of amides is 2. The zero-order chi connectivity index (χ0) is 34.1. The van der Waals surface area contributed by atoms with Gasteiger partial charge in [-0.3, -0.25) is 10.4 Å². The number of aromatic nitrogens is 2. The molecule has 0 saturated carbocycles. The maximum absolute atomic E-state index is 15.4. The van der Waals surface area contributed by atoms with Gasteiger partial charge in [0.1, 0.15) is 28.6 Å². The van der Waals surface area contributed by atoms with Gasteiger partial charge in [0.25, 0.3) is 0 Å². The molecule has 1 aromatic heterocycles. The number of anilines is 3.